The van der Waals surface area contributed by atoms with Crippen molar-refractivity contribution in [2.24, 2.45) is 4.99 Å². The van der Waals surface area contributed by atoms with Crippen molar-refractivity contribution in [1.82, 2.24) is 15.7 Å². The van der Waals surface area contributed by atoms with Gasteiger partial charge in [-0.1, -0.05) is 36.0 Å². The van der Waals surface area contributed by atoms with Crippen LogP contribution in [0.15, 0.2) is 75.6 Å². The number of fused-ring (bicyclic) bond motifs is 1. The molecule has 0 amide bonds. The Hall–Kier alpha value is -2.94. The van der Waals surface area contributed by atoms with Gasteiger partial charge in [-0.2, -0.15) is 0 Å². The lowest BCUT2D eigenvalue weighted by molar-refractivity contribution is 0.0628. The van der Waals surface area contributed by atoms with E-state index in [1.807, 2.05) is 48.5 Å². The van der Waals surface area contributed by atoms with Gasteiger partial charge >= 0.3 is 0 Å². The van der Waals surface area contributed by atoms with Crippen molar-refractivity contribution in [3.8, 4) is 5.75 Å². The number of aryl methyl sites for hydroxylation is 1. The fourth-order valence-electron chi connectivity index (χ4n) is 3.42. The molecule has 1 aliphatic rings. The molecule has 0 aliphatic carbocycles. The van der Waals surface area contributed by atoms with Gasteiger partial charge in [0.05, 0.1) is 18.2 Å². The standard InChI is InChI=1S/C23H20N4O2S2/c1-14-10-11-20(30-14)19-13-29-27-22(24-19)21-17-8-3-4-9-18(17)25-26-23(21)31-16-7-5-6-15(12-16)28-2/h3-12,19H,13H2,1-2H3,(H,24,27)/t19-/m1/s1. The third-order valence-corrected chi connectivity index (χ3v) is 6.98. The van der Waals surface area contributed by atoms with Crippen LogP contribution in [0.3, 0.4) is 0 Å². The van der Waals surface area contributed by atoms with Crippen molar-refractivity contribution in [2.75, 3.05) is 13.7 Å². The van der Waals surface area contributed by atoms with Gasteiger partial charge in [-0.25, -0.2) is 5.48 Å². The molecule has 8 heteroatoms. The summed E-state index contributed by atoms with van der Waals surface area (Å²) in [5, 5.41) is 10.7. The van der Waals surface area contributed by atoms with Gasteiger partial charge in [-0.05, 0) is 43.3 Å². The number of hydrogen-bond donors (Lipinski definition) is 1. The summed E-state index contributed by atoms with van der Waals surface area (Å²) in [6.45, 7) is 2.59. The molecule has 5 rings (SSSR count). The number of hydrogen-bond acceptors (Lipinski definition) is 8. The Balaban J connectivity index is 1.62. The molecule has 1 N–H and O–H groups in total. The smallest absolute Gasteiger partial charge is 0.156 e. The van der Waals surface area contributed by atoms with E-state index in [9.17, 15) is 0 Å². The lowest BCUT2D eigenvalue weighted by Gasteiger charge is -2.23. The third kappa shape index (κ3) is 4.14. The molecule has 1 aliphatic heterocycles. The minimum absolute atomic E-state index is 0.0588. The summed E-state index contributed by atoms with van der Waals surface area (Å²) in [6, 6.07) is 20.0. The van der Waals surface area contributed by atoms with Crippen LogP contribution in [0.2, 0.25) is 0 Å². The summed E-state index contributed by atoms with van der Waals surface area (Å²) in [7, 11) is 1.66. The maximum Gasteiger partial charge on any atom is 0.156 e. The Morgan fingerprint density at radius 1 is 1.10 bits per heavy atom. The zero-order valence-corrected chi connectivity index (χ0v) is 18.7. The summed E-state index contributed by atoms with van der Waals surface area (Å²) < 4.78 is 5.37. The van der Waals surface area contributed by atoms with E-state index in [-0.39, 0.29) is 6.04 Å². The summed E-state index contributed by atoms with van der Waals surface area (Å²) in [6.07, 6.45) is 0. The summed E-state index contributed by atoms with van der Waals surface area (Å²) >= 11 is 3.27. The van der Waals surface area contributed by atoms with Crippen molar-refractivity contribution < 1.29 is 9.57 Å². The molecule has 2 aromatic carbocycles. The van der Waals surface area contributed by atoms with Crippen LogP contribution in [0, 0.1) is 6.92 Å². The molecule has 1 atom stereocenters. The first kappa shape index (κ1) is 20.0. The van der Waals surface area contributed by atoms with Crippen molar-refractivity contribution in [2.45, 2.75) is 22.9 Å². The third-order valence-electron chi connectivity index (χ3n) is 4.91. The monoisotopic (exact) mass is 448 g/mol. The van der Waals surface area contributed by atoms with Crippen LogP contribution >= 0.6 is 23.1 Å². The highest BCUT2D eigenvalue weighted by atomic mass is 32.2. The van der Waals surface area contributed by atoms with E-state index in [2.05, 4.69) is 34.7 Å². The van der Waals surface area contributed by atoms with Gasteiger partial charge in [-0.3, -0.25) is 9.83 Å². The molecular weight excluding hydrogens is 428 g/mol. The lowest BCUT2D eigenvalue weighted by atomic mass is 10.1. The highest BCUT2D eigenvalue weighted by Gasteiger charge is 2.24. The second-order valence-electron chi connectivity index (χ2n) is 7.03. The molecule has 0 spiro atoms. The number of methoxy groups -OCH3 is 1. The van der Waals surface area contributed by atoms with Gasteiger partial charge in [-0.15, -0.1) is 21.5 Å². The normalized spacial score (nSPS) is 16.1. The topological polar surface area (TPSA) is 68.6 Å². The van der Waals surface area contributed by atoms with E-state index < -0.39 is 0 Å². The maximum absolute atomic E-state index is 5.75. The molecule has 4 aromatic rings. The SMILES string of the molecule is COc1cccc(Sc2nnc3ccccc3c2C2=N[C@@H](c3ccc(C)s3)CON2)c1. The Labute approximate surface area is 188 Å². The summed E-state index contributed by atoms with van der Waals surface area (Å²) in [5.41, 5.74) is 4.73. The number of aliphatic imine (C=N–C) groups is 1. The van der Waals surface area contributed by atoms with Gasteiger partial charge in [0.25, 0.3) is 0 Å². The van der Waals surface area contributed by atoms with Crippen molar-refractivity contribution in [3.63, 3.8) is 0 Å². The highest BCUT2D eigenvalue weighted by molar-refractivity contribution is 7.99. The minimum Gasteiger partial charge on any atom is -0.497 e. The fourth-order valence-corrected chi connectivity index (χ4v) is 5.25. The average molecular weight is 449 g/mol. The van der Waals surface area contributed by atoms with Gasteiger partial charge in [0.2, 0.25) is 0 Å². The molecule has 0 fully saturated rings. The van der Waals surface area contributed by atoms with Crippen LogP contribution in [0.25, 0.3) is 10.9 Å². The number of aromatic nitrogens is 2. The Kier molecular flexibility index (Phi) is 5.59. The predicted octanol–water partition coefficient (Wildman–Crippen LogP) is 5.18. The van der Waals surface area contributed by atoms with Crippen LogP contribution in [-0.2, 0) is 4.84 Å². The van der Waals surface area contributed by atoms with Gasteiger partial charge < -0.3 is 4.74 Å². The number of ether oxygens (including phenoxy) is 1. The van der Waals surface area contributed by atoms with Gasteiger partial charge in [0.1, 0.15) is 23.4 Å². The Bertz CT molecular complexity index is 1270. The maximum atomic E-state index is 5.75. The first-order valence-electron chi connectivity index (χ1n) is 9.81. The van der Waals surface area contributed by atoms with Crippen molar-refractivity contribution >= 4 is 39.8 Å². The van der Waals surface area contributed by atoms with E-state index in [0.717, 1.165) is 32.1 Å². The fraction of sp³-hybridized carbons (Fsp3) is 0.174. The Morgan fingerprint density at radius 2 is 2.00 bits per heavy atom. The molecule has 31 heavy (non-hydrogen) atoms. The zero-order chi connectivity index (χ0) is 21.2. The molecule has 0 bridgehead atoms. The molecule has 6 nitrogen and oxygen atoms in total. The molecule has 0 radical (unpaired) electrons. The predicted molar refractivity (Wildman–Crippen MR) is 124 cm³/mol. The molecular formula is C23H20N4O2S2. The number of thiophene rings is 1. The number of nitrogens with one attached hydrogen (secondary N) is 1. The van der Waals surface area contributed by atoms with Crippen LogP contribution in [0.5, 0.6) is 5.75 Å². The lowest BCUT2D eigenvalue weighted by Crippen LogP contribution is -2.33. The number of benzene rings is 2. The summed E-state index contributed by atoms with van der Waals surface area (Å²) in [4.78, 5) is 14.2. The molecule has 0 saturated carbocycles. The van der Waals surface area contributed by atoms with Crippen molar-refractivity contribution in [1.29, 1.82) is 0 Å². The van der Waals surface area contributed by atoms with Crippen LogP contribution in [-0.4, -0.2) is 29.7 Å². The number of hydroxylamine groups is 1. The van der Waals surface area contributed by atoms with E-state index >= 15 is 0 Å². The van der Waals surface area contributed by atoms with Gasteiger partial charge in [0.15, 0.2) is 5.84 Å². The van der Waals surface area contributed by atoms with Crippen LogP contribution in [0.1, 0.15) is 21.4 Å². The van der Waals surface area contributed by atoms with Crippen molar-refractivity contribution in [3.05, 3.63) is 76.0 Å². The molecule has 2 aromatic heterocycles. The molecule has 3 heterocycles. The number of amidine groups is 1. The van der Waals surface area contributed by atoms with Gasteiger partial charge in [0, 0.05) is 20.0 Å². The first-order valence-corrected chi connectivity index (χ1v) is 11.4. The largest absolute Gasteiger partial charge is 0.497 e. The summed E-state index contributed by atoms with van der Waals surface area (Å²) in [5.74, 6) is 1.46. The van der Waals surface area contributed by atoms with E-state index in [1.54, 1.807) is 18.4 Å². The van der Waals surface area contributed by atoms with E-state index in [0.29, 0.717) is 12.4 Å². The average Bonchev–Trinajstić information content (AvgIpc) is 3.25. The molecule has 0 saturated heterocycles. The highest BCUT2D eigenvalue weighted by Crippen LogP contribution is 2.35. The second-order valence-corrected chi connectivity index (χ2v) is 9.42. The number of nitrogens with zero attached hydrogens (tertiary/aromatic N) is 3. The quantitative estimate of drug-likeness (QED) is 0.454. The second kappa shape index (κ2) is 8.66. The first-order chi connectivity index (χ1) is 15.2. The molecule has 156 valence electrons. The van der Waals surface area contributed by atoms with Crippen LogP contribution in [0.4, 0.5) is 0 Å². The zero-order valence-electron chi connectivity index (χ0n) is 17.0. The Morgan fingerprint density at radius 3 is 2.84 bits per heavy atom. The van der Waals surface area contributed by atoms with E-state index in [1.165, 1.54) is 21.5 Å². The minimum atomic E-state index is -0.0588. The number of rotatable bonds is 5. The molecule has 0 unspecified atom stereocenters. The van der Waals surface area contributed by atoms with Crippen LogP contribution < -0.4 is 10.2 Å². The van der Waals surface area contributed by atoms with E-state index in [4.69, 9.17) is 14.6 Å².